The van der Waals surface area contributed by atoms with Gasteiger partial charge in [-0.15, -0.1) is 0 Å². The Morgan fingerprint density at radius 3 is 0.706 bits per heavy atom. The summed E-state index contributed by atoms with van der Waals surface area (Å²) in [5.41, 5.74) is 1.25. The largest absolute Gasteiger partial charge is 0.411 e. The van der Waals surface area contributed by atoms with Gasteiger partial charge in [0.25, 0.3) is 0 Å². The normalized spacial score (nSPS) is 13.4. The van der Waals surface area contributed by atoms with Crippen molar-refractivity contribution in [3.63, 3.8) is 0 Å². The molecule has 0 spiro atoms. The van der Waals surface area contributed by atoms with Crippen LogP contribution >= 0.6 is 0 Å². The summed E-state index contributed by atoms with van der Waals surface area (Å²) in [5, 5.41) is 43.3. The van der Waals surface area contributed by atoms with E-state index in [-0.39, 0.29) is 16.5 Å². The molecule has 0 aliphatic rings. The van der Waals surface area contributed by atoms with E-state index in [2.05, 4.69) is 20.6 Å². The fourth-order valence-electron chi connectivity index (χ4n) is 0.289. The Bertz CT molecular complexity index is 261. The number of rotatable bonds is 2. The van der Waals surface area contributed by atoms with E-state index in [0.717, 1.165) is 0 Å². The molecule has 102 valence electrons. The Morgan fingerprint density at radius 1 is 0.529 bits per heavy atom. The van der Waals surface area contributed by atoms with Crippen LogP contribution in [0.15, 0.2) is 20.6 Å². The van der Waals surface area contributed by atoms with E-state index < -0.39 is 0 Å². The van der Waals surface area contributed by atoms with Gasteiger partial charge in [0, 0.05) is 16.5 Å². The van der Waals surface area contributed by atoms with E-state index in [1.54, 1.807) is 0 Å². The Hall–Kier alpha value is -1.63. The molecule has 0 aromatic rings. The summed E-state index contributed by atoms with van der Waals surface area (Å²) in [5.74, 6) is 0. The van der Waals surface area contributed by atoms with Crippen molar-refractivity contribution < 1.29 is 37.3 Å². The molecule has 0 rings (SSSR count). The summed E-state index contributed by atoms with van der Waals surface area (Å²) in [4.78, 5) is 0. The molecule has 0 aliphatic carbocycles. The Kier molecular flexibility index (Phi) is 15.2. The van der Waals surface area contributed by atoms with Gasteiger partial charge in [0.15, 0.2) is 0 Å². The van der Waals surface area contributed by atoms with Gasteiger partial charge in [-0.2, -0.15) is 0 Å². The van der Waals surface area contributed by atoms with Gasteiger partial charge in [0.05, 0.1) is 0 Å². The topological polar surface area (TPSA) is 130 Å². The van der Waals surface area contributed by atoms with Gasteiger partial charge in [0.1, 0.15) is 22.8 Å². The fraction of sp³-hybridized carbons (Fsp3) is 0.500. The first-order valence-corrected chi connectivity index (χ1v) is 4.19. The quantitative estimate of drug-likeness (QED) is 0.265. The molecule has 0 aromatic heterocycles. The van der Waals surface area contributed by atoms with Crippen LogP contribution in [-0.4, -0.2) is 43.7 Å². The van der Waals surface area contributed by atoms with Crippen molar-refractivity contribution in [3.8, 4) is 0 Å². The SMILES string of the molecule is CC(=N\O)/C(C)=N/O.CC(=N\O)/C(C)=N/O.[Ni]. The average Bonchev–Trinajstić information content (AvgIpc) is 2.35. The third-order valence-corrected chi connectivity index (χ3v) is 1.65. The molecule has 8 nitrogen and oxygen atoms in total. The molecule has 0 saturated carbocycles. The second-order valence-electron chi connectivity index (χ2n) is 2.74. The van der Waals surface area contributed by atoms with Crippen LogP contribution < -0.4 is 0 Å². The van der Waals surface area contributed by atoms with Crippen LogP contribution in [0.25, 0.3) is 0 Å². The fourth-order valence-corrected chi connectivity index (χ4v) is 0.289. The van der Waals surface area contributed by atoms with Crippen LogP contribution in [0.5, 0.6) is 0 Å². The van der Waals surface area contributed by atoms with Crippen molar-refractivity contribution in [1.29, 1.82) is 0 Å². The van der Waals surface area contributed by atoms with Gasteiger partial charge < -0.3 is 20.8 Å². The van der Waals surface area contributed by atoms with Crippen molar-refractivity contribution in [1.82, 2.24) is 0 Å². The van der Waals surface area contributed by atoms with Gasteiger partial charge in [0.2, 0.25) is 0 Å². The summed E-state index contributed by atoms with van der Waals surface area (Å²) in [6.07, 6.45) is 0. The molecular weight excluding hydrogens is 275 g/mol. The number of hydrogen-bond acceptors (Lipinski definition) is 8. The first kappa shape index (κ1) is 20.7. The van der Waals surface area contributed by atoms with Gasteiger partial charge in [-0.05, 0) is 27.7 Å². The minimum absolute atomic E-state index is 0. The van der Waals surface area contributed by atoms with Crippen LogP contribution in [0.3, 0.4) is 0 Å². The zero-order chi connectivity index (χ0) is 13.1. The van der Waals surface area contributed by atoms with Crippen molar-refractivity contribution in [2.45, 2.75) is 27.7 Å². The first-order chi connectivity index (χ1) is 7.44. The molecule has 0 fully saturated rings. The van der Waals surface area contributed by atoms with E-state index in [1.807, 2.05) is 0 Å². The summed E-state index contributed by atoms with van der Waals surface area (Å²) in [6.45, 7) is 6.15. The molecule has 0 radical (unpaired) electrons. The monoisotopic (exact) mass is 290 g/mol. The zero-order valence-corrected chi connectivity index (χ0v) is 10.9. The molecule has 0 aromatic carbocycles. The Morgan fingerprint density at radius 2 is 0.647 bits per heavy atom. The van der Waals surface area contributed by atoms with E-state index in [4.69, 9.17) is 20.8 Å². The third-order valence-electron chi connectivity index (χ3n) is 1.65. The molecule has 0 bridgehead atoms. The standard InChI is InChI=1S/2C4H8N2O2.Ni/c2*1-3(5-7)4(2)6-8;/h2*7-8H,1-2H3;/b2*5-3+,6-4+;. The van der Waals surface area contributed by atoms with Crippen molar-refractivity contribution >= 4 is 22.8 Å². The maximum atomic E-state index is 8.03. The number of nitrogens with zero attached hydrogens (tertiary/aromatic N) is 4. The molecule has 17 heavy (non-hydrogen) atoms. The number of oxime groups is 4. The average molecular weight is 291 g/mol. The van der Waals surface area contributed by atoms with Crippen LogP contribution in [0.2, 0.25) is 0 Å². The van der Waals surface area contributed by atoms with Crippen LogP contribution in [0.1, 0.15) is 27.7 Å². The summed E-state index contributed by atoms with van der Waals surface area (Å²) in [7, 11) is 0. The molecule has 0 unspecified atom stereocenters. The predicted octanol–water partition coefficient (Wildman–Crippen LogP) is 1.37. The third kappa shape index (κ3) is 10.7. The van der Waals surface area contributed by atoms with Crippen molar-refractivity contribution in [2.75, 3.05) is 0 Å². The Labute approximate surface area is 109 Å². The number of hydrogen-bond donors (Lipinski definition) is 4. The summed E-state index contributed by atoms with van der Waals surface area (Å²) in [6, 6.07) is 0. The summed E-state index contributed by atoms with van der Waals surface area (Å²) >= 11 is 0. The van der Waals surface area contributed by atoms with E-state index >= 15 is 0 Å². The van der Waals surface area contributed by atoms with Crippen molar-refractivity contribution in [2.24, 2.45) is 20.6 Å². The van der Waals surface area contributed by atoms with E-state index in [9.17, 15) is 0 Å². The molecule has 0 amide bonds. The molecule has 0 aliphatic heterocycles. The molecule has 9 heteroatoms. The zero-order valence-electron chi connectivity index (χ0n) is 9.89. The molecule has 0 saturated heterocycles. The van der Waals surface area contributed by atoms with Crippen LogP contribution in [0, 0.1) is 0 Å². The van der Waals surface area contributed by atoms with Gasteiger partial charge in [-0.1, -0.05) is 20.6 Å². The van der Waals surface area contributed by atoms with Crippen LogP contribution in [-0.2, 0) is 16.5 Å². The minimum atomic E-state index is 0. The summed E-state index contributed by atoms with van der Waals surface area (Å²) < 4.78 is 0. The molecule has 4 N–H and O–H groups in total. The predicted molar refractivity (Wildman–Crippen MR) is 59.6 cm³/mol. The maximum Gasteiger partial charge on any atom is 0.101 e. The van der Waals surface area contributed by atoms with Gasteiger partial charge >= 0.3 is 0 Å². The van der Waals surface area contributed by atoms with E-state index in [0.29, 0.717) is 22.8 Å². The molecule has 0 atom stereocenters. The second kappa shape index (κ2) is 12.4. The molecular formula is C8H16N4NiO4. The van der Waals surface area contributed by atoms with E-state index in [1.165, 1.54) is 27.7 Å². The maximum absolute atomic E-state index is 8.03. The minimum Gasteiger partial charge on any atom is -0.411 e. The smallest absolute Gasteiger partial charge is 0.101 e. The molecule has 0 heterocycles. The van der Waals surface area contributed by atoms with Gasteiger partial charge in [-0.3, -0.25) is 0 Å². The first-order valence-electron chi connectivity index (χ1n) is 4.19. The van der Waals surface area contributed by atoms with Gasteiger partial charge in [-0.25, -0.2) is 0 Å². The Balaban J connectivity index is -0.000000218. The second-order valence-corrected chi connectivity index (χ2v) is 2.74. The van der Waals surface area contributed by atoms with Crippen LogP contribution in [0.4, 0.5) is 0 Å². The van der Waals surface area contributed by atoms with Crippen molar-refractivity contribution in [3.05, 3.63) is 0 Å².